The number of hydrogen-bond donors (Lipinski definition) is 2. The number of nitrogen functional groups attached to an aromatic ring is 1. The summed E-state index contributed by atoms with van der Waals surface area (Å²) in [7, 11) is 0. The van der Waals surface area contributed by atoms with Gasteiger partial charge in [-0.2, -0.15) is 10.4 Å². The number of carbonyl (C=O) groups excluding carboxylic acids is 1. The topological polar surface area (TPSA) is 91.3 Å². The van der Waals surface area contributed by atoms with Crippen LogP contribution in [0.25, 0.3) is 10.8 Å². The second kappa shape index (κ2) is 6.52. The summed E-state index contributed by atoms with van der Waals surface area (Å²) < 4.78 is 0. The van der Waals surface area contributed by atoms with Crippen LogP contribution in [0.15, 0.2) is 47.6 Å². The van der Waals surface area contributed by atoms with E-state index < -0.39 is 0 Å². The van der Waals surface area contributed by atoms with E-state index >= 15 is 0 Å². The van der Waals surface area contributed by atoms with Crippen molar-refractivity contribution in [2.45, 2.75) is 6.92 Å². The molecule has 6 heteroatoms. The Morgan fingerprint density at radius 2 is 2.04 bits per heavy atom. The second-order valence-electron chi connectivity index (χ2n) is 5.17. The lowest BCUT2D eigenvalue weighted by Crippen LogP contribution is -2.17. The molecule has 24 heavy (non-hydrogen) atoms. The Hall–Kier alpha value is -3.17. The van der Waals surface area contributed by atoms with Gasteiger partial charge in [-0.25, -0.2) is 5.43 Å². The molecule has 0 radical (unpaired) electrons. The van der Waals surface area contributed by atoms with Gasteiger partial charge in [0, 0.05) is 5.56 Å². The number of benzene rings is 2. The van der Waals surface area contributed by atoms with Crippen LogP contribution in [0.2, 0.25) is 0 Å². The van der Waals surface area contributed by atoms with Gasteiger partial charge in [-0.05, 0) is 23.3 Å². The van der Waals surface area contributed by atoms with Crippen molar-refractivity contribution in [3.05, 3.63) is 64.0 Å². The number of carbonyl (C=O) groups is 1. The molecule has 0 fully saturated rings. The highest BCUT2D eigenvalue weighted by atomic mass is 32.1. The molecule has 0 bridgehead atoms. The van der Waals surface area contributed by atoms with E-state index in [4.69, 9.17) is 11.0 Å². The van der Waals surface area contributed by atoms with Crippen molar-refractivity contribution in [3.63, 3.8) is 0 Å². The Labute approximate surface area is 143 Å². The van der Waals surface area contributed by atoms with Gasteiger partial charge in [0.1, 0.15) is 15.9 Å². The van der Waals surface area contributed by atoms with Crippen LogP contribution >= 0.6 is 11.3 Å². The molecule has 0 aliphatic rings. The minimum absolute atomic E-state index is 0.346. The number of hydrazone groups is 1. The van der Waals surface area contributed by atoms with Crippen LogP contribution < -0.4 is 11.2 Å². The lowest BCUT2D eigenvalue weighted by molar-refractivity contribution is 0.0958. The highest BCUT2D eigenvalue weighted by molar-refractivity contribution is 7.18. The summed E-state index contributed by atoms with van der Waals surface area (Å²) in [6, 6.07) is 15.9. The number of anilines is 1. The van der Waals surface area contributed by atoms with Crippen molar-refractivity contribution in [1.82, 2.24) is 5.43 Å². The second-order valence-corrected chi connectivity index (χ2v) is 6.23. The molecule has 0 spiro atoms. The third-order valence-electron chi connectivity index (χ3n) is 3.69. The summed E-state index contributed by atoms with van der Waals surface area (Å²) in [4.78, 5) is 12.6. The molecule has 2 aromatic carbocycles. The summed E-state index contributed by atoms with van der Waals surface area (Å²) in [6.07, 6.45) is 1.61. The van der Waals surface area contributed by atoms with Gasteiger partial charge in [-0.1, -0.05) is 42.5 Å². The predicted molar refractivity (Wildman–Crippen MR) is 97.2 cm³/mol. The molecule has 1 aromatic heterocycles. The number of nitrogens with two attached hydrogens (primary N) is 1. The lowest BCUT2D eigenvalue weighted by Gasteiger charge is -2.02. The third-order valence-corrected chi connectivity index (χ3v) is 4.80. The van der Waals surface area contributed by atoms with E-state index in [1.54, 1.807) is 13.1 Å². The van der Waals surface area contributed by atoms with Crippen LogP contribution in [-0.4, -0.2) is 12.1 Å². The van der Waals surface area contributed by atoms with Gasteiger partial charge in [0.15, 0.2) is 0 Å². The zero-order valence-electron chi connectivity index (χ0n) is 12.9. The Kier molecular flexibility index (Phi) is 4.27. The van der Waals surface area contributed by atoms with Crippen LogP contribution in [0, 0.1) is 18.3 Å². The molecular weight excluding hydrogens is 320 g/mol. The SMILES string of the molecule is Cc1c(C(=O)N/N=C/c2cccc3ccccc23)sc(N)c1C#N. The fraction of sp³-hybridized carbons (Fsp3) is 0.0556. The van der Waals surface area contributed by atoms with E-state index in [1.165, 1.54) is 0 Å². The average Bonchev–Trinajstić information content (AvgIpc) is 2.89. The highest BCUT2D eigenvalue weighted by Gasteiger charge is 2.18. The molecular formula is C18H14N4OS. The van der Waals surface area contributed by atoms with Crippen molar-refractivity contribution in [3.8, 4) is 6.07 Å². The molecule has 0 unspecified atom stereocenters. The van der Waals surface area contributed by atoms with E-state index in [1.807, 2.05) is 48.5 Å². The maximum Gasteiger partial charge on any atom is 0.281 e. The summed E-state index contributed by atoms with van der Waals surface area (Å²) in [6.45, 7) is 1.70. The number of amides is 1. The first-order chi connectivity index (χ1) is 11.6. The standard InChI is InChI=1S/C18H14N4OS/c1-11-15(9-19)17(20)24-16(11)18(23)22-21-10-13-7-4-6-12-5-2-3-8-14(12)13/h2-8,10H,20H2,1H3,(H,22,23)/b21-10+. The summed E-state index contributed by atoms with van der Waals surface area (Å²) >= 11 is 1.09. The zero-order chi connectivity index (χ0) is 17.1. The normalized spacial score (nSPS) is 10.8. The monoisotopic (exact) mass is 334 g/mol. The fourth-order valence-electron chi connectivity index (χ4n) is 2.47. The van der Waals surface area contributed by atoms with Crippen molar-refractivity contribution in [2.24, 2.45) is 5.10 Å². The van der Waals surface area contributed by atoms with Gasteiger partial charge in [-0.15, -0.1) is 11.3 Å². The van der Waals surface area contributed by atoms with Crippen LogP contribution in [0.5, 0.6) is 0 Å². The number of fused-ring (bicyclic) bond motifs is 1. The molecule has 0 aliphatic heterocycles. The quantitative estimate of drug-likeness (QED) is 0.568. The summed E-state index contributed by atoms with van der Waals surface area (Å²) in [5.74, 6) is -0.373. The number of thiophene rings is 1. The Bertz CT molecular complexity index is 993. The lowest BCUT2D eigenvalue weighted by atomic mass is 10.1. The molecule has 0 saturated carbocycles. The number of hydrogen-bond acceptors (Lipinski definition) is 5. The predicted octanol–water partition coefficient (Wildman–Crippen LogP) is 3.43. The molecule has 0 aliphatic carbocycles. The van der Waals surface area contributed by atoms with Gasteiger partial charge >= 0.3 is 0 Å². The van der Waals surface area contributed by atoms with E-state index in [-0.39, 0.29) is 5.91 Å². The first kappa shape index (κ1) is 15.7. The van der Waals surface area contributed by atoms with Crippen molar-refractivity contribution in [1.29, 1.82) is 5.26 Å². The van der Waals surface area contributed by atoms with Crippen molar-refractivity contribution < 1.29 is 4.79 Å². The molecule has 5 nitrogen and oxygen atoms in total. The average molecular weight is 334 g/mol. The largest absolute Gasteiger partial charge is 0.389 e. The van der Waals surface area contributed by atoms with Gasteiger partial charge in [0.25, 0.3) is 5.91 Å². The maximum atomic E-state index is 12.2. The molecule has 3 aromatic rings. The molecule has 1 heterocycles. The maximum absolute atomic E-state index is 12.2. The molecule has 118 valence electrons. The number of nitrogens with one attached hydrogen (secondary N) is 1. The Morgan fingerprint density at radius 1 is 1.29 bits per heavy atom. The Balaban J connectivity index is 1.81. The van der Waals surface area contributed by atoms with Crippen LogP contribution in [-0.2, 0) is 0 Å². The van der Waals surface area contributed by atoms with E-state index in [9.17, 15) is 4.79 Å². The summed E-state index contributed by atoms with van der Waals surface area (Å²) in [5, 5.41) is 15.6. The zero-order valence-corrected chi connectivity index (χ0v) is 13.7. The summed E-state index contributed by atoms with van der Waals surface area (Å²) in [5.41, 5.74) is 10.1. The highest BCUT2D eigenvalue weighted by Crippen LogP contribution is 2.29. The minimum atomic E-state index is -0.373. The molecule has 0 saturated heterocycles. The third kappa shape index (κ3) is 2.85. The molecule has 0 atom stereocenters. The van der Waals surface area contributed by atoms with E-state index in [0.717, 1.165) is 27.7 Å². The van der Waals surface area contributed by atoms with Gasteiger partial charge < -0.3 is 5.73 Å². The van der Waals surface area contributed by atoms with E-state index in [2.05, 4.69) is 10.5 Å². The van der Waals surface area contributed by atoms with Gasteiger partial charge in [-0.3, -0.25) is 4.79 Å². The van der Waals surface area contributed by atoms with Crippen molar-refractivity contribution in [2.75, 3.05) is 5.73 Å². The van der Waals surface area contributed by atoms with Crippen molar-refractivity contribution >= 4 is 39.2 Å². The van der Waals surface area contributed by atoms with Gasteiger partial charge in [0.05, 0.1) is 11.8 Å². The number of rotatable bonds is 3. The van der Waals surface area contributed by atoms with Crippen LogP contribution in [0.3, 0.4) is 0 Å². The Morgan fingerprint density at radius 3 is 2.79 bits per heavy atom. The van der Waals surface area contributed by atoms with Gasteiger partial charge in [0.2, 0.25) is 0 Å². The first-order valence-electron chi connectivity index (χ1n) is 7.22. The molecule has 1 amide bonds. The smallest absolute Gasteiger partial charge is 0.281 e. The minimum Gasteiger partial charge on any atom is -0.389 e. The first-order valence-corrected chi connectivity index (χ1v) is 8.03. The molecule has 3 N–H and O–H groups in total. The molecule has 3 rings (SSSR count). The van der Waals surface area contributed by atoms with Crippen LogP contribution in [0.4, 0.5) is 5.00 Å². The number of nitrogens with zero attached hydrogens (tertiary/aromatic N) is 2. The number of nitriles is 1. The van der Waals surface area contributed by atoms with Crippen LogP contribution in [0.1, 0.15) is 26.4 Å². The van der Waals surface area contributed by atoms with E-state index in [0.29, 0.717) is 21.0 Å². The fourth-order valence-corrected chi connectivity index (χ4v) is 3.38.